The summed E-state index contributed by atoms with van der Waals surface area (Å²) in [6, 6.07) is 6.86. The van der Waals surface area contributed by atoms with E-state index >= 15 is 0 Å². The zero-order valence-corrected chi connectivity index (χ0v) is 15.9. The summed E-state index contributed by atoms with van der Waals surface area (Å²) in [5, 5.41) is 4.16. The van der Waals surface area contributed by atoms with Crippen molar-refractivity contribution in [3.8, 4) is 5.75 Å². The zero-order chi connectivity index (χ0) is 22.5. The molecule has 0 unspecified atom stereocenters. The van der Waals surface area contributed by atoms with Gasteiger partial charge in [-0.25, -0.2) is 8.78 Å². The first-order chi connectivity index (χ1) is 13.9. The second-order valence-electron chi connectivity index (χ2n) is 6.00. The Morgan fingerprint density at radius 3 is 2.33 bits per heavy atom. The van der Waals surface area contributed by atoms with E-state index in [1.165, 1.54) is 6.92 Å². The molecule has 1 aromatic carbocycles. The molecule has 0 bridgehead atoms. The molecule has 0 amide bonds. The quantitative estimate of drug-likeness (QED) is 0.278. The molecular formula is C18H14ClF7N2O2. The predicted octanol–water partition coefficient (Wildman–Crippen LogP) is 5.97. The Morgan fingerprint density at radius 1 is 1.13 bits per heavy atom. The van der Waals surface area contributed by atoms with Gasteiger partial charge in [-0.15, -0.1) is 0 Å². The predicted molar refractivity (Wildman–Crippen MR) is 94.1 cm³/mol. The molecule has 0 atom stereocenters. The van der Waals surface area contributed by atoms with Crippen LogP contribution >= 0.6 is 11.6 Å². The van der Waals surface area contributed by atoms with Crippen molar-refractivity contribution in [2.24, 2.45) is 5.16 Å². The van der Waals surface area contributed by atoms with E-state index in [1.54, 1.807) is 24.3 Å². The Labute approximate surface area is 171 Å². The second-order valence-corrected chi connectivity index (χ2v) is 6.43. The van der Waals surface area contributed by atoms with Gasteiger partial charge >= 0.3 is 18.5 Å². The molecule has 0 aliphatic rings. The molecule has 0 spiro atoms. The highest BCUT2D eigenvalue weighted by atomic mass is 35.5. The lowest BCUT2D eigenvalue weighted by Crippen LogP contribution is -2.34. The molecule has 0 radical (unpaired) electrons. The first-order valence-electron chi connectivity index (χ1n) is 8.17. The molecule has 1 heterocycles. The molecule has 4 nitrogen and oxygen atoms in total. The van der Waals surface area contributed by atoms with Crippen molar-refractivity contribution >= 4 is 17.3 Å². The van der Waals surface area contributed by atoms with Crippen molar-refractivity contribution < 1.29 is 40.3 Å². The van der Waals surface area contributed by atoms with Gasteiger partial charge in [0.1, 0.15) is 23.8 Å². The van der Waals surface area contributed by atoms with Gasteiger partial charge in [-0.3, -0.25) is 4.98 Å². The summed E-state index contributed by atoms with van der Waals surface area (Å²) < 4.78 is 94.1. The van der Waals surface area contributed by atoms with Gasteiger partial charge < -0.3 is 9.57 Å². The first-order valence-corrected chi connectivity index (χ1v) is 8.55. The molecule has 2 aromatic rings. The number of alkyl halides is 7. The highest BCUT2D eigenvalue weighted by Crippen LogP contribution is 2.33. The van der Waals surface area contributed by atoms with E-state index in [1.807, 2.05) is 0 Å². The van der Waals surface area contributed by atoms with Crippen LogP contribution in [0.15, 0.2) is 41.7 Å². The van der Waals surface area contributed by atoms with E-state index in [4.69, 9.17) is 16.4 Å². The number of halogens is 8. The Kier molecular flexibility index (Phi) is 7.51. The molecule has 12 heteroatoms. The number of nitrogens with zero attached hydrogens (tertiary/aromatic N) is 2. The van der Waals surface area contributed by atoms with Crippen LogP contribution in [0.3, 0.4) is 0 Å². The fraction of sp³-hybridized carbons (Fsp3) is 0.333. The average molecular weight is 459 g/mol. The lowest BCUT2D eigenvalue weighted by molar-refractivity contribution is -0.148. The molecule has 30 heavy (non-hydrogen) atoms. The molecule has 0 aliphatic heterocycles. The minimum atomic E-state index is -4.86. The van der Waals surface area contributed by atoms with Crippen LogP contribution in [-0.4, -0.2) is 29.7 Å². The average Bonchev–Trinajstić information content (AvgIpc) is 2.67. The monoisotopic (exact) mass is 458 g/mol. The fourth-order valence-corrected chi connectivity index (χ4v) is 2.17. The number of hydrogen-bond donors (Lipinski definition) is 0. The SMILES string of the molecule is C/C(=N/OCc1ccc(Cl)cc1)c1ncc(C(F)(F)F)cc1OCC(F)(F)C(F)F. The van der Waals surface area contributed by atoms with Crippen molar-refractivity contribution in [1.82, 2.24) is 4.98 Å². The molecule has 0 fully saturated rings. The van der Waals surface area contributed by atoms with Crippen LogP contribution in [0, 0.1) is 0 Å². The lowest BCUT2D eigenvalue weighted by atomic mass is 10.2. The summed E-state index contributed by atoms with van der Waals surface area (Å²) in [7, 11) is 0. The topological polar surface area (TPSA) is 43.7 Å². The number of rotatable bonds is 8. The first kappa shape index (κ1) is 23.7. The fourth-order valence-electron chi connectivity index (χ4n) is 2.05. The largest absolute Gasteiger partial charge is 0.485 e. The molecule has 1 aromatic heterocycles. The summed E-state index contributed by atoms with van der Waals surface area (Å²) >= 11 is 5.75. The third kappa shape index (κ3) is 6.48. The highest BCUT2D eigenvalue weighted by Gasteiger charge is 2.42. The van der Waals surface area contributed by atoms with Crippen molar-refractivity contribution in [3.63, 3.8) is 0 Å². The van der Waals surface area contributed by atoms with Gasteiger partial charge in [-0.2, -0.15) is 22.0 Å². The second kappa shape index (κ2) is 9.50. The van der Waals surface area contributed by atoms with Gasteiger partial charge in [0.25, 0.3) is 0 Å². The van der Waals surface area contributed by atoms with E-state index in [2.05, 4.69) is 14.9 Å². The molecular weight excluding hydrogens is 445 g/mol. The van der Waals surface area contributed by atoms with Crippen LogP contribution in [0.4, 0.5) is 30.7 Å². The minimum Gasteiger partial charge on any atom is -0.485 e. The van der Waals surface area contributed by atoms with Crippen LogP contribution in [0.2, 0.25) is 5.02 Å². The molecule has 0 saturated heterocycles. The Bertz CT molecular complexity index is 887. The summed E-state index contributed by atoms with van der Waals surface area (Å²) in [5.74, 6) is -5.36. The van der Waals surface area contributed by atoms with Gasteiger partial charge in [0.2, 0.25) is 0 Å². The van der Waals surface area contributed by atoms with E-state index in [-0.39, 0.29) is 18.0 Å². The summed E-state index contributed by atoms with van der Waals surface area (Å²) in [5.41, 5.74) is -1.13. The van der Waals surface area contributed by atoms with Crippen LogP contribution in [0.25, 0.3) is 0 Å². The molecule has 0 N–H and O–H groups in total. The number of oxime groups is 1. The van der Waals surface area contributed by atoms with Gasteiger partial charge in [0, 0.05) is 11.2 Å². The summed E-state index contributed by atoms with van der Waals surface area (Å²) in [6.45, 7) is -0.607. The smallest absolute Gasteiger partial charge is 0.418 e. The number of pyridine rings is 1. The molecule has 164 valence electrons. The van der Waals surface area contributed by atoms with Gasteiger partial charge in [-0.05, 0) is 30.7 Å². The molecule has 0 saturated carbocycles. The molecule has 0 aliphatic carbocycles. The third-order valence-corrected chi connectivity index (χ3v) is 3.86. The van der Waals surface area contributed by atoms with Crippen LogP contribution in [0.5, 0.6) is 5.75 Å². The highest BCUT2D eigenvalue weighted by molar-refractivity contribution is 6.30. The maximum atomic E-state index is 13.1. The van der Waals surface area contributed by atoms with Crippen LogP contribution in [0.1, 0.15) is 23.7 Å². The van der Waals surface area contributed by atoms with Crippen molar-refractivity contribution in [1.29, 1.82) is 0 Å². The van der Waals surface area contributed by atoms with E-state index < -0.39 is 36.4 Å². The third-order valence-electron chi connectivity index (χ3n) is 3.61. The lowest BCUT2D eigenvalue weighted by Gasteiger charge is -2.18. The van der Waals surface area contributed by atoms with Crippen molar-refractivity contribution in [2.45, 2.75) is 32.1 Å². The maximum absolute atomic E-state index is 13.1. The standard InChI is InChI=1S/C18H14ClF7N2O2/c1-10(28-30-8-11-2-4-13(19)5-3-11)15-14(29-9-17(22,23)16(20)21)6-12(7-27-15)18(24,25)26/h2-7,16H,8-9H2,1H3/b28-10-. The van der Waals surface area contributed by atoms with Crippen molar-refractivity contribution in [3.05, 3.63) is 58.4 Å². The van der Waals surface area contributed by atoms with Crippen LogP contribution in [-0.2, 0) is 17.6 Å². The Morgan fingerprint density at radius 2 is 1.77 bits per heavy atom. The summed E-state index contributed by atoms with van der Waals surface area (Å²) in [6.07, 6.45) is -8.48. The van der Waals surface area contributed by atoms with E-state index in [9.17, 15) is 30.7 Å². The van der Waals surface area contributed by atoms with Crippen molar-refractivity contribution in [2.75, 3.05) is 6.61 Å². The number of aromatic nitrogens is 1. The maximum Gasteiger partial charge on any atom is 0.418 e. The number of benzene rings is 1. The van der Waals surface area contributed by atoms with Gasteiger partial charge in [0.15, 0.2) is 6.61 Å². The Balaban J connectivity index is 2.24. The Hall–Kier alpha value is -2.56. The van der Waals surface area contributed by atoms with Gasteiger partial charge in [0.05, 0.1) is 5.56 Å². The van der Waals surface area contributed by atoms with Crippen LogP contribution < -0.4 is 4.74 Å². The zero-order valence-electron chi connectivity index (χ0n) is 15.2. The molecule has 2 rings (SSSR count). The minimum absolute atomic E-state index is 0.0329. The number of ether oxygens (including phenoxy) is 1. The van der Waals surface area contributed by atoms with Gasteiger partial charge in [-0.1, -0.05) is 28.9 Å². The van der Waals surface area contributed by atoms with E-state index in [0.717, 1.165) is 0 Å². The normalized spacial score (nSPS) is 12.9. The summed E-state index contributed by atoms with van der Waals surface area (Å²) in [4.78, 5) is 8.59. The number of hydrogen-bond acceptors (Lipinski definition) is 4. The van der Waals surface area contributed by atoms with E-state index in [0.29, 0.717) is 22.8 Å².